The van der Waals surface area contributed by atoms with Gasteiger partial charge in [0, 0.05) is 23.2 Å². The van der Waals surface area contributed by atoms with Crippen molar-refractivity contribution in [2.24, 2.45) is 0 Å². The average Bonchev–Trinajstić information content (AvgIpc) is 3.04. The predicted octanol–water partition coefficient (Wildman–Crippen LogP) is 3.46. The maximum atomic E-state index is 5.58. The molecule has 0 atom stereocenters. The SMILES string of the molecule is CCc1nc2cc(NCc3cncs3)ccc2o1. The second kappa shape index (κ2) is 4.78. The molecule has 0 radical (unpaired) electrons. The van der Waals surface area contributed by atoms with Gasteiger partial charge in [0.2, 0.25) is 0 Å². The van der Waals surface area contributed by atoms with Gasteiger partial charge in [-0.05, 0) is 18.2 Å². The lowest BCUT2D eigenvalue weighted by atomic mass is 10.3. The fourth-order valence-corrected chi connectivity index (χ4v) is 2.29. The number of rotatable bonds is 4. The second-order valence-corrected chi connectivity index (χ2v) is 4.94. The molecular formula is C13H13N3OS. The quantitative estimate of drug-likeness (QED) is 0.779. The molecule has 2 heterocycles. The van der Waals surface area contributed by atoms with Gasteiger partial charge in [0.25, 0.3) is 0 Å². The molecule has 0 amide bonds. The number of benzene rings is 1. The van der Waals surface area contributed by atoms with E-state index in [0.29, 0.717) is 0 Å². The van der Waals surface area contributed by atoms with Gasteiger partial charge in [-0.3, -0.25) is 4.98 Å². The summed E-state index contributed by atoms with van der Waals surface area (Å²) in [5, 5.41) is 3.36. The van der Waals surface area contributed by atoms with E-state index in [1.807, 2.05) is 36.8 Å². The summed E-state index contributed by atoms with van der Waals surface area (Å²) >= 11 is 1.65. The Morgan fingerprint density at radius 2 is 2.33 bits per heavy atom. The molecule has 1 N–H and O–H groups in total. The van der Waals surface area contributed by atoms with E-state index in [2.05, 4.69) is 15.3 Å². The third kappa shape index (κ3) is 2.22. The highest BCUT2D eigenvalue weighted by molar-refractivity contribution is 7.09. The monoisotopic (exact) mass is 259 g/mol. The lowest BCUT2D eigenvalue weighted by molar-refractivity contribution is 0.538. The molecule has 3 rings (SSSR count). The molecule has 4 nitrogen and oxygen atoms in total. The maximum absolute atomic E-state index is 5.58. The first-order chi connectivity index (χ1) is 8.85. The van der Waals surface area contributed by atoms with Crippen LogP contribution in [0.15, 0.2) is 34.3 Å². The van der Waals surface area contributed by atoms with E-state index in [0.717, 1.165) is 35.6 Å². The number of thiazole rings is 1. The standard InChI is InChI=1S/C13H13N3OS/c1-2-13-16-11-5-9(3-4-12(11)17-13)15-7-10-6-14-8-18-10/h3-6,8,15H,2,7H2,1H3. The second-order valence-electron chi connectivity index (χ2n) is 3.96. The van der Waals surface area contributed by atoms with Crippen molar-refractivity contribution >= 4 is 28.1 Å². The molecule has 2 aromatic heterocycles. The fraction of sp³-hybridized carbons (Fsp3) is 0.231. The van der Waals surface area contributed by atoms with Crippen LogP contribution in [-0.2, 0) is 13.0 Å². The number of oxazole rings is 1. The van der Waals surface area contributed by atoms with Gasteiger partial charge in [-0.1, -0.05) is 6.92 Å². The van der Waals surface area contributed by atoms with Gasteiger partial charge < -0.3 is 9.73 Å². The van der Waals surface area contributed by atoms with E-state index in [9.17, 15) is 0 Å². The Morgan fingerprint density at radius 1 is 1.39 bits per heavy atom. The van der Waals surface area contributed by atoms with Gasteiger partial charge >= 0.3 is 0 Å². The van der Waals surface area contributed by atoms with Gasteiger partial charge in [-0.25, -0.2) is 4.98 Å². The summed E-state index contributed by atoms with van der Waals surface area (Å²) in [5.41, 5.74) is 4.63. The highest BCUT2D eigenvalue weighted by atomic mass is 32.1. The third-order valence-electron chi connectivity index (χ3n) is 2.68. The smallest absolute Gasteiger partial charge is 0.195 e. The van der Waals surface area contributed by atoms with Gasteiger partial charge in [0.1, 0.15) is 5.52 Å². The van der Waals surface area contributed by atoms with Crippen LogP contribution in [0.3, 0.4) is 0 Å². The van der Waals surface area contributed by atoms with Gasteiger partial charge in [0.15, 0.2) is 11.5 Å². The minimum Gasteiger partial charge on any atom is -0.441 e. The van der Waals surface area contributed by atoms with E-state index in [4.69, 9.17) is 4.42 Å². The van der Waals surface area contributed by atoms with Crippen molar-refractivity contribution in [2.75, 3.05) is 5.32 Å². The zero-order chi connectivity index (χ0) is 12.4. The zero-order valence-electron chi connectivity index (χ0n) is 10.0. The summed E-state index contributed by atoms with van der Waals surface area (Å²) in [4.78, 5) is 9.68. The highest BCUT2D eigenvalue weighted by Crippen LogP contribution is 2.21. The summed E-state index contributed by atoms with van der Waals surface area (Å²) in [5.74, 6) is 0.782. The van der Waals surface area contributed by atoms with Crippen LogP contribution in [0, 0.1) is 0 Å². The molecule has 0 aliphatic rings. The topological polar surface area (TPSA) is 51.0 Å². The van der Waals surface area contributed by atoms with Crippen LogP contribution in [-0.4, -0.2) is 9.97 Å². The van der Waals surface area contributed by atoms with E-state index >= 15 is 0 Å². The maximum Gasteiger partial charge on any atom is 0.195 e. The fourth-order valence-electron chi connectivity index (χ4n) is 1.75. The van der Waals surface area contributed by atoms with Crippen molar-refractivity contribution in [1.29, 1.82) is 0 Å². The highest BCUT2D eigenvalue weighted by Gasteiger charge is 2.04. The van der Waals surface area contributed by atoms with Crippen molar-refractivity contribution in [3.63, 3.8) is 0 Å². The Morgan fingerprint density at radius 3 is 3.11 bits per heavy atom. The minimum atomic E-state index is 0.782. The van der Waals surface area contributed by atoms with Crippen LogP contribution in [0.4, 0.5) is 5.69 Å². The van der Waals surface area contributed by atoms with Crippen molar-refractivity contribution in [3.05, 3.63) is 40.7 Å². The Kier molecular flexibility index (Phi) is 2.98. The van der Waals surface area contributed by atoms with E-state index in [1.165, 1.54) is 4.88 Å². The van der Waals surface area contributed by atoms with E-state index < -0.39 is 0 Å². The Balaban J connectivity index is 1.80. The summed E-state index contributed by atoms with van der Waals surface area (Å²) in [6.07, 6.45) is 2.69. The van der Waals surface area contributed by atoms with Crippen molar-refractivity contribution < 1.29 is 4.42 Å². The van der Waals surface area contributed by atoms with Crippen LogP contribution in [0.25, 0.3) is 11.1 Å². The first-order valence-corrected chi connectivity index (χ1v) is 6.74. The molecule has 0 unspecified atom stereocenters. The predicted molar refractivity (Wildman–Crippen MR) is 72.8 cm³/mol. The van der Waals surface area contributed by atoms with Crippen molar-refractivity contribution in [3.8, 4) is 0 Å². The molecule has 0 spiro atoms. The number of hydrogen-bond acceptors (Lipinski definition) is 5. The summed E-state index contributed by atoms with van der Waals surface area (Å²) in [7, 11) is 0. The molecule has 0 aliphatic heterocycles. The number of nitrogens with zero attached hydrogens (tertiary/aromatic N) is 2. The van der Waals surface area contributed by atoms with Gasteiger partial charge in [-0.2, -0.15) is 0 Å². The minimum absolute atomic E-state index is 0.782. The Bertz CT molecular complexity index is 645. The van der Waals surface area contributed by atoms with Crippen LogP contribution < -0.4 is 5.32 Å². The number of fused-ring (bicyclic) bond motifs is 1. The van der Waals surface area contributed by atoms with Gasteiger partial charge in [-0.15, -0.1) is 11.3 Å². The number of aromatic nitrogens is 2. The van der Waals surface area contributed by atoms with Crippen LogP contribution in [0.2, 0.25) is 0 Å². The number of nitrogens with one attached hydrogen (secondary N) is 1. The zero-order valence-corrected chi connectivity index (χ0v) is 10.8. The molecule has 0 fully saturated rings. The molecule has 92 valence electrons. The van der Waals surface area contributed by atoms with Crippen LogP contribution in [0.1, 0.15) is 17.7 Å². The van der Waals surface area contributed by atoms with Crippen molar-refractivity contribution in [2.45, 2.75) is 19.9 Å². The molecular weight excluding hydrogens is 246 g/mol. The molecule has 18 heavy (non-hydrogen) atoms. The lowest BCUT2D eigenvalue weighted by Crippen LogP contribution is -1.96. The first-order valence-electron chi connectivity index (χ1n) is 5.86. The number of hydrogen-bond donors (Lipinski definition) is 1. The summed E-state index contributed by atoms with van der Waals surface area (Å²) in [6.45, 7) is 2.82. The van der Waals surface area contributed by atoms with Crippen LogP contribution >= 0.6 is 11.3 Å². The van der Waals surface area contributed by atoms with Crippen molar-refractivity contribution in [1.82, 2.24) is 9.97 Å². The molecule has 0 saturated carbocycles. The average molecular weight is 259 g/mol. The molecule has 0 aliphatic carbocycles. The molecule has 5 heteroatoms. The lowest BCUT2D eigenvalue weighted by Gasteiger charge is -2.03. The molecule has 3 aromatic rings. The first kappa shape index (κ1) is 11.2. The Labute approximate surface area is 109 Å². The van der Waals surface area contributed by atoms with E-state index in [1.54, 1.807) is 11.3 Å². The van der Waals surface area contributed by atoms with E-state index in [-0.39, 0.29) is 0 Å². The third-order valence-corrected chi connectivity index (χ3v) is 3.46. The molecule has 0 saturated heterocycles. The summed E-state index contributed by atoms with van der Waals surface area (Å²) < 4.78 is 5.58. The molecule has 0 bridgehead atoms. The molecule has 1 aromatic carbocycles. The van der Waals surface area contributed by atoms with Gasteiger partial charge in [0.05, 0.1) is 12.1 Å². The largest absolute Gasteiger partial charge is 0.441 e. The normalized spacial score (nSPS) is 10.9. The number of anilines is 1. The number of aryl methyl sites for hydroxylation is 1. The van der Waals surface area contributed by atoms with Crippen LogP contribution in [0.5, 0.6) is 0 Å². The summed E-state index contributed by atoms with van der Waals surface area (Å²) in [6, 6.07) is 5.98. The Hall–Kier alpha value is -1.88.